The summed E-state index contributed by atoms with van der Waals surface area (Å²) in [7, 11) is 0. The van der Waals surface area contributed by atoms with Crippen LogP contribution in [-0.4, -0.2) is 19.5 Å². The van der Waals surface area contributed by atoms with Gasteiger partial charge in [-0.15, -0.1) is 0 Å². The Morgan fingerprint density at radius 3 is 2.75 bits per heavy atom. The van der Waals surface area contributed by atoms with Crippen LogP contribution in [-0.2, 0) is 6.54 Å². The summed E-state index contributed by atoms with van der Waals surface area (Å²) in [5, 5.41) is 4.35. The van der Waals surface area contributed by atoms with Crippen LogP contribution in [0.3, 0.4) is 0 Å². The molecule has 136 valence electrons. The van der Waals surface area contributed by atoms with E-state index in [1.54, 1.807) is 16.8 Å². The molecule has 0 aliphatic rings. The van der Waals surface area contributed by atoms with Crippen molar-refractivity contribution in [3.63, 3.8) is 0 Å². The lowest BCUT2D eigenvalue weighted by Gasteiger charge is -2.06. The third-order valence-electron chi connectivity index (χ3n) is 4.68. The standard InChI is InChI=1S/C22H17N5O/c28-21-11-8-15-5-1-2-7-20(15)27(21)22-25-18-10-9-16(13-19(18)26-22)24-14-17-6-3-4-12-23-17/h1-13,24H,14H2,(H,25,26). The van der Waals surface area contributed by atoms with Crippen LogP contribution in [0.2, 0.25) is 0 Å². The van der Waals surface area contributed by atoms with Gasteiger partial charge >= 0.3 is 0 Å². The Hall–Kier alpha value is -3.93. The molecule has 0 aliphatic carbocycles. The van der Waals surface area contributed by atoms with Crippen molar-refractivity contribution in [2.75, 3.05) is 5.32 Å². The summed E-state index contributed by atoms with van der Waals surface area (Å²) in [6.45, 7) is 0.635. The van der Waals surface area contributed by atoms with Crippen molar-refractivity contribution in [2.45, 2.75) is 6.54 Å². The maximum atomic E-state index is 12.5. The highest BCUT2D eigenvalue weighted by atomic mass is 16.1. The average Bonchev–Trinajstić information content (AvgIpc) is 3.15. The molecule has 0 saturated heterocycles. The molecule has 0 unspecified atom stereocenters. The van der Waals surface area contributed by atoms with Gasteiger partial charge in [0.1, 0.15) is 0 Å². The number of nitrogens with zero attached hydrogens (tertiary/aromatic N) is 3. The van der Waals surface area contributed by atoms with E-state index in [9.17, 15) is 4.79 Å². The summed E-state index contributed by atoms with van der Waals surface area (Å²) in [4.78, 5) is 24.7. The molecule has 0 bridgehead atoms. The molecule has 6 heteroatoms. The number of hydrogen-bond donors (Lipinski definition) is 2. The van der Waals surface area contributed by atoms with Crippen molar-refractivity contribution in [3.8, 4) is 5.95 Å². The number of fused-ring (bicyclic) bond motifs is 2. The molecule has 0 amide bonds. The van der Waals surface area contributed by atoms with Gasteiger partial charge in [-0.1, -0.05) is 24.3 Å². The monoisotopic (exact) mass is 367 g/mol. The van der Waals surface area contributed by atoms with Crippen molar-refractivity contribution < 1.29 is 0 Å². The quantitative estimate of drug-likeness (QED) is 0.506. The zero-order valence-electron chi connectivity index (χ0n) is 15.0. The lowest BCUT2D eigenvalue weighted by Crippen LogP contribution is -2.18. The number of H-pyrrole nitrogens is 1. The maximum absolute atomic E-state index is 12.5. The lowest BCUT2D eigenvalue weighted by molar-refractivity contribution is 0.960. The molecule has 0 saturated carbocycles. The van der Waals surface area contributed by atoms with E-state index < -0.39 is 0 Å². The summed E-state index contributed by atoms with van der Waals surface area (Å²) in [5.41, 5.74) is 4.29. The summed E-state index contributed by atoms with van der Waals surface area (Å²) >= 11 is 0. The number of pyridine rings is 2. The fraction of sp³-hybridized carbons (Fsp3) is 0.0455. The van der Waals surface area contributed by atoms with Gasteiger partial charge in [0.2, 0.25) is 5.95 Å². The van der Waals surface area contributed by atoms with Crippen LogP contribution >= 0.6 is 0 Å². The zero-order valence-corrected chi connectivity index (χ0v) is 15.0. The van der Waals surface area contributed by atoms with Crippen LogP contribution in [0.25, 0.3) is 27.9 Å². The van der Waals surface area contributed by atoms with Crippen LogP contribution in [0.4, 0.5) is 5.69 Å². The second-order valence-corrected chi connectivity index (χ2v) is 6.53. The Bertz CT molecular complexity index is 1340. The summed E-state index contributed by atoms with van der Waals surface area (Å²) in [6.07, 6.45) is 1.78. The van der Waals surface area contributed by atoms with Gasteiger partial charge < -0.3 is 10.3 Å². The van der Waals surface area contributed by atoms with Gasteiger partial charge in [0.25, 0.3) is 5.56 Å². The molecule has 0 aliphatic heterocycles. The van der Waals surface area contributed by atoms with E-state index in [1.807, 2.05) is 66.7 Å². The molecule has 0 atom stereocenters. The number of para-hydroxylation sites is 1. The van der Waals surface area contributed by atoms with Gasteiger partial charge in [-0.2, -0.15) is 0 Å². The largest absolute Gasteiger partial charge is 0.379 e. The highest BCUT2D eigenvalue weighted by Gasteiger charge is 2.10. The van der Waals surface area contributed by atoms with E-state index in [4.69, 9.17) is 0 Å². The Morgan fingerprint density at radius 1 is 0.964 bits per heavy atom. The van der Waals surface area contributed by atoms with E-state index in [2.05, 4.69) is 20.3 Å². The van der Waals surface area contributed by atoms with Crippen LogP contribution in [0.15, 0.2) is 83.8 Å². The van der Waals surface area contributed by atoms with E-state index in [-0.39, 0.29) is 5.56 Å². The van der Waals surface area contributed by atoms with E-state index in [0.717, 1.165) is 33.3 Å². The molecule has 2 aromatic carbocycles. The van der Waals surface area contributed by atoms with Crippen LogP contribution in [0, 0.1) is 0 Å². The Morgan fingerprint density at radius 2 is 1.86 bits per heavy atom. The minimum Gasteiger partial charge on any atom is -0.379 e. The number of nitrogens with one attached hydrogen (secondary N) is 2. The first-order chi connectivity index (χ1) is 13.8. The van der Waals surface area contributed by atoms with E-state index in [1.165, 1.54) is 0 Å². The minimum atomic E-state index is -0.119. The molecule has 3 heterocycles. The van der Waals surface area contributed by atoms with Gasteiger partial charge in [0.15, 0.2) is 0 Å². The number of hydrogen-bond acceptors (Lipinski definition) is 4. The smallest absolute Gasteiger partial charge is 0.257 e. The Labute approximate surface area is 160 Å². The third kappa shape index (κ3) is 2.91. The van der Waals surface area contributed by atoms with Crippen LogP contribution < -0.4 is 10.9 Å². The second kappa shape index (κ2) is 6.66. The molecular formula is C22H17N5O. The molecule has 5 rings (SSSR count). The van der Waals surface area contributed by atoms with Crippen molar-refractivity contribution in [2.24, 2.45) is 0 Å². The Kier molecular flexibility index (Phi) is 3.87. The molecule has 28 heavy (non-hydrogen) atoms. The summed E-state index contributed by atoms with van der Waals surface area (Å²) < 4.78 is 1.61. The predicted molar refractivity (Wildman–Crippen MR) is 111 cm³/mol. The molecule has 3 aromatic heterocycles. The van der Waals surface area contributed by atoms with Crippen LogP contribution in [0.5, 0.6) is 0 Å². The fourth-order valence-electron chi connectivity index (χ4n) is 3.31. The van der Waals surface area contributed by atoms with E-state index in [0.29, 0.717) is 12.5 Å². The lowest BCUT2D eigenvalue weighted by atomic mass is 10.2. The molecule has 6 nitrogen and oxygen atoms in total. The topological polar surface area (TPSA) is 75.6 Å². The SMILES string of the molecule is O=c1ccc2ccccc2n1-c1nc2ccc(NCc3ccccn3)cc2[nH]1. The first-order valence-electron chi connectivity index (χ1n) is 9.03. The first-order valence-corrected chi connectivity index (χ1v) is 9.03. The molecule has 5 aromatic rings. The zero-order chi connectivity index (χ0) is 18.9. The highest BCUT2D eigenvalue weighted by molar-refractivity contribution is 5.83. The molecule has 0 spiro atoms. The number of imidazole rings is 1. The molecule has 0 fully saturated rings. The minimum absolute atomic E-state index is 0.119. The van der Waals surface area contributed by atoms with Crippen molar-refractivity contribution in [3.05, 3.63) is 95.0 Å². The van der Waals surface area contributed by atoms with E-state index >= 15 is 0 Å². The number of rotatable bonds is 4. The Balaban J connectivity index is 1.53. The normalized spacial score (nSPS) is 11.1. The van der Waals surface area contributed by atoms with Gasteiger partial charge in [-0.3, -0.25) is 9.78 Å². The van der Waals surface area contributed by atoms with Gasteiger partial charge in [-0.05, 0) is 47.9 Å². The second-order valence-electron chi connectivity index (χ2n) is 6.53. The van der Waals surface area contributed by atoms with Crippen LogP contribution in [0.1, 0.15) is 5.69 Å². The van der Waals surface area contributed by atoms with Gasteiger partial charge in [-0.25, -0.2) is 9.55 Å². The average molecular weight is 367 g/mol. The number of aromatic nitrogens is 4. The van der Waals surface area contributed by atoms with Gasteiger partial charge in [0.05, 0.1) is 28.8 Å². The molecular weight excluding hydrogens is 350 g/mol. The number of benzene rings is 2. The van der Waals surface area contributed by atoms with Crippen molar-refractivity contribution in [1.82, 2.24) is 19.5 Å². The highest BCUT2D eigenvalue weighted by Crippen LogP contribution is 2.21. The summed E-state index contributed by atoms with van der Waals surface area (Å²) in [5.74, 6) is 0.513. The third-order valence-corrected chi connectivity index (χ3v) is 4.68. The first kappa shape index (κ1) is 16.3. The number of aromatic amines is 1. The fourth-order valence-corrected chi connectivity index (χ4v) is 3.31. The molecule has 0 radical (unpaired) electrons. The maximum Gasteiger partial charge on any atom is 0.257 e. The van der Waals surface area contributed by atoms with Crippen molar-refractivity contribution in [1.29, 1.82) is 0 Å². The van der Waals surface area contributed by atoms with Gasteiger partial charge in [0, 0.05) is 18.0 Å². The molecule has 2 N–H and O–H groups in total. The van der Waals surface area contributed by atoms with Crippen molar-refractivity contribution >= 4 is 27.6 Å². The number of anilines is 1. The predicted octanol–water partition coefficient (Wildman–Crippen LogP) is 3.87. The summed E-state index contributed by atoms with van der Waals surface area (Å²) in [6, 6.07) is 22.9.